The van der Waals surface area contributed by atoms with E-state index in [1.165, 1.54) is 31.6 Å². The molecule has 1 heterocycles. The SMILES string of the molecule is COc1c(C(=O)Nc2c(Cl)cncc2Cl)ccc(OC(F)F)c1C1CC1. The molecule has 1 aliphatic rings. The lowest BCUT2D eigenvalue weighted by molar-refractivity contribution is -0.0505. The Hall–Kier alpha value is -2.12. The number of alkyl halides is 2. The highest BCUT2D eigenvalue weighted by Gasteiger charge is 2.33. The molecule has 1 aliphatic carbocycles. The molecule has 1 amide bonds. The van der Waals surface area contributed by atoms with Gasteiger partial charge in [0.2, 0.25) is 0 Å². The Kier molecular flexibility index (Phi) is 5.48. The molecule has 3 rings (SSSR count). The number of ether oxygens (including phenoxy) is 2. The van der Waals surface area contributed by atoms with Gasteiger partial charge in [-0.1, -0.05) is 23.2 Å². The van der Waals surface area contributed by atoms with Crippen LogP contribution >= 0.6 is 23.2 Å². The fourth-order valence-corrected chi connectivity index (χ4v) is 3.11. The Morgan fingerprint density at radius 3 is 2.46 bits per heavy atom. The summed E-state index contributed by atoms with van der Waals surface area (Å²) in [5.41, 5.74) is 0.837. The zero-order valence-corrected chi connectivity index (χ0v) is 15.1. The van der Waals surface area contributed by atoms with Gasteiger partial charge in [0.15, 0.2) is 0 Å². The minimum absolute atomic E-state index is 0.0101. The number of nitrogens with zero attached hydrogens (tertiary/aromatic N) is 1. The van der Waals surface area contributed by atoms with Gasteiger partial charge in [-0.2, -0.15) is 8.78 Å². The molecule has 0 aliphatic heterocycles. The van der Waals surface area contributed by atoms with Gasteiger partial charge in [0.05, 0.1) is 28.4 Å². The first-order valence-corrected chi connectivity index (χ1v) is 8.44. The molecule has 0 radical (unpaired) electrons. The second-order valence-corrected chi connectivity index (χ2v) is 6.46. The molecule has 1 saturated carbocycles. The number of amides is 1. The summed E-state index contributed by atoms with van der Waals surface area (Å²) in [5, 5.41) is 2.95. The van der Waals surface area contributed by atoms with Crippen molar-refractivity contribution in [3.05, 3.63) is 45.7 Å². The van der Waals surface area contributed by atoms with E-state index < -0.39 is 12.5 Å². The summed E-state index contributed by atoms with van der Waals surface area (Å²) in [5.74, 6) is -0.317. The Balaban J connectivity index is 1.99. The maximum Gasteiger partial charge on any atom is 0.387 e. The number of hydrogen-bond acceptors (Lipinski definition) is 4. The van der Waals surface area contributed by atoms with Gasteiger partial charge in [0.25, 0.3) is 5.91 Å². The van der Waals surface area contributed by atoms with Crippen LogP contribution in [0.5, 0.6) is 11.5 Å². The van der Waals surface area contributed by atoms with Gasteiger partial charge in [-0.25, -0.2) is 0 Å². The molecule has 0 bridgehead atoms. The first kappa shape index (κ1) is 18.7. The summed E-state index contributed by atoms with van der Waals surface area (Å²) < 4.78 is 35.3. The number of benzene rings is 1. The van der Waals surface area contributed by atoms with Crippen LogP contribution < -0.4 is 14.8 Å². The lowest BCUT2D eigenvalue weighted by Gasteiger charge is -2.18. The van der Waals surface area contributed by atoms with Crippen molar-refractivity contribution in [3.63, 3.8) is 0 Å². The summed E-state index contributed by atoms with van der Waals surface area (Å²) in [7, 11) is 1.37. The number of carbonyl (C=O) groups excluding carboxylic acids is 1. The molecule has 26 heavy (non-hydrogen) atoms. The molecule has 0 saturated heterocycles. The van der Waals surface area contributed by atoms with Gasteiger partial charge in [-0.15, -0.1) is 0 Å². The molecule has 1 fully saturated rings. The maximum atomic E-state index is 12.7. The summed E-state index contributed by atoms with van der Waals surface area (Å²) in [6, 6.07) is 2.70. The molecular formula is C17H14Cl2F2N2O3. The summed E-state index contributed by atoms with van der Waals surface area (Å²) in [6.45, 7) is -2.97. The predicted molar refractivity (Wildman–Crippen MR) is 93.8 cm³/mol. The molecule has 5 nitrogen and oxygen atoms in total. The van der Waals surface area contributed by atoms with Crippen LogP contribution in [-0.2, 0) is 0 Å². The number of methoxy groups -OCH3 is 1. The number of anilines is 1. The van der Waals surface area contributed by atoms with Crippen LogP contribution in [0.1, 0.15) is 34.7 Å². The molecule has 0 unspecified atom stereocenters. The third kappa shape index (κ3) is 3.83. The maximum absolute atomic E-state index is 12.7. The van der Waals surface area contributed by atoms with Crippen LogP contribution in [0.15, 0.2) is 24.5 Å². The van der Waals surface area contributed by atoms with Crippen LogP contribution in [0.4, 0.5) is 14.5 Å². The van der Waals surface area contributed by atoms with E-state index in [-0.39, 0.29) is 38.7 Å². The van der Waals surface area contributed by atoms with Crippen molar-refractivity contribution in [2.45, 2.75) is 25.4 Å². The van der Waals surface area contributed by atoms with Gasteiger partial charge in [-0.05, 0) is 30.9 Å². The van der Waals surface area contributed by atoms with E-state index in [1.807, 2.05) is 0 Å². The zero-order valence-electron chi connectivity index (χ0n) is 13.6. The molecular weight excluding hydrogens is 389 g/mol. The molecule has 138 valence electrons. The number of halogens is 4. The Morgan fingerprint density at radius 2 is 1.92 bits per heavy atom. The van der Waals surface area contributed by atoms with E-state index >= 15 is 0 Å². The second-order valence-electron chi connectivity index (χ2n) is 5.64. The van der Waals surface area contributed by atoms with E-state index in [0.717, 1.165) is 12.8 Å². The Morgan fingerprint density at radius 1 is 1.27 bits per heavy atom. The number of pyridine rings is 1. The first-order chi connectivity index (χ1) is 12.4. The van der Waals surface area contributed by atoms with Gasteiger partial charge in [0.1, 0.15) is 11.5 Å². The second kappa shape index (κ2) is 7.63. The highest BCUT2D eigenvalue weighted by atomic mass is 35.5. The average molecular weight is 403 g/mol. The first-order valence-electron chi connectivity index (χ1n) is 7.68. The quantitative estimate of drug-likeness (QED) is 0.727. The van der Waals surface area contributed by atoms with Crippen molar-refractivity contribution in [2.24, 2.45) is 0 Å². The minimum Gasteiger partial charge on any atom is -0.495 e. The molecule has 1 aromatic heterocycles. The zero-order chi connectivity index (χ0) is 18.8. The molecule has 0 spiro atoms. The number of nitrogens with one attached hydrogen (secondary N) is 1. The van der Waals surface area contributed by atoms with E-state index in [2.05, 4.69) is 15.0 Å². The van der Waals surface area contributed by atoms with Crippen LogP contribution in [0.2, 0.25) is 10.0 Å². The summed E-state index contributed by atoms with van der Waals surface area (Å²) in [6.07, 6.45) is 4.30. The third-order valence-corrected chi connectivity index (χ3v) is 4.47. The Bertz CT molecular complexity index is 825. The monoisotopic (exact) mass is 402 g/mol. The average Bonchev–Trinajstić information content (AvgIpc) is 3.41. The fourth-order valence-electron chi connectivity index (χ4n) is 2.65. The summed E-state index contributed by atoms with van der Waals surface area (Å²) in [4.78, 5) is 16.5. The van der Waals surface area contributed by atoms with Gasteiger partial charge in [-0.3, -0.25) is 9.78 Å². The normalized spacial score (nSPS) is 13.6. The fraction of sp³-hybridized carbons (Fsp3) is 0.294. The lowest BCUT2D eigenvalue weighted by atomic mass is 10.0. The predicted octanol–water partition coefficient (Wildman–Crippen LogP) is 5.13. The molecule has 9 heteroatoms. The minimum atomic E-state index is -2.97. The van der Waals surface area contributed by atoms with Gasteiger partial charge in [0, 0.05) is 18.0 Å². The molecule has 0 atom stereocenters. The number of rotatable bonds is 6. The van der Waals surface area contributed by atoms with Crippen LogP contribution in [-0.4, -0.2) is 24.6 Å². The van der Waals surface area contributed by atoms with Crippen molar-refractivity contribution in [1.82, 2.24) is 4.98 Å². The molecule has 2 aromatic rings. The van der Waals surface area contributed by atoms with E-state index in [4.69, 9.17) is 27.9 Å². The smallest absolute Gasteiger partial charge is 0.387 e. The summed E-state index contributed by atoms with van der Waals surface area (Å²) >= 11 is 12.0. The Labute approximate surface area is 158 Å². The highest BCUT2D eigenvalue weighted by Crippen LogP contribution is 2.50. The van der Waals surface area contributed by atoms with E-state index in [0.29, 0.717) is 5.56 Å². The molecule has 1 aromatic carbocycles. The number of hydrogen-bond donors (Lipinski definition) is 1. The highest BCUT2D eigenvalue weighted by molar-refractivity contribution is 6.39. The van der Waals surface area contributed by atoms with Gasteiger partial charge < -0.3 is 14.8 Å². The molecule has 1 N–H and O–H groups in total. The van der Waals surface area contributed by atoms with Crippen molar-refractivity contribution in [2.75, 3.05) is 12.4 Å². The van der Waals surface area contributed by atoms with E-state index in [1.54, 1.807) is 0 Å². The van der Waals surface area contributed by atoms with Crippen LogP contribution in [0.25, 0.3) is 0 Å². The van der Waals surface area contributed by atoms with Crippen LogP contribution in [0.3, 0.4) is 0 Å². The third-order valence-electron chi connectivity index (χ3n) is 3.90. The largest absolute Gasteiger partial charge is 0.495 e. The number of aromatic nitrogens is 1. The number of carbonyl (C=O) groups is 1. The topological polar surface area (TPSA) is 60.5 Å². The van der Waals surface area contributed by atoms with E-state index in [9.17, 15) is 13.6 Å². The van der Waals surface area contributed by atoms with Crippen molar-refractivity contribution in [3.8, 4) is 11.5 Å². The lowest BCUT2D eigenvalue weighted by Crippen LogP contribution is -2.15. The van der Waals surface area contributed by atoms with Crippen molar-refractivity contribution in [1.29, 1.82) is 0 Å². The van der Waals surface area contributed by atoms with Gasteiger partial charge >= 0.3 is 6.61 Å². The van der Waals surface area contributed by atoms with Crippen molar-refractivity contribution >= 4 is 34.8 Å². The van der Waals surface area contributed by atoms with Crippen LogP contribution in [0, 0.1) is 0 Å². The van der Waals surface area contributed by atoms with Crippen molar-refractivity contribution < 1.29 is 23.0 Å². The standard InChI is InChI=1S/C17H14Cl2F2N2O3/c1-25-15-9(16(24)23-14-10(18)6-22-7-11(14)19)4-5-12(26-17(20)21)13(15)8-2-3-8/h4-8,17H,2-3H2,1H3,(H,22,23,24).